The van der Waals surface area contributed by atoms with Gasteiger partial charge in [-0.1, -0.05) is 18.2 Å². The van der Waals surface area contributed by atoms with Gasteiger partial charge in [-0.05, 0) is 55.5 Å². The van der Waals surface area contributed by atoms with E-state index < -0.39 is 0 Å². The Morgan fingerprint density at radius 1 is 1.03 bits per heavy atom. The smallest absolute Gasteiger partial charge is 0.261 e. The minimum atomic E-state index is -0.339. The molecular formula is C23H22N2O4. The number of imide groups is 1. The fraction of sp³-hybridized carbons (Fsp3) is 0.348. The zero-order valence-corrected chi connectivity index (χ0v) is 16.1. The van der Waals surface area contributed by atoms with Crippen LogP contribution in [0.3, 0.4) is 0 Å². The van der Waals surface area contributed by atoms with E-state index in [9.17, 15) is 14.4 Å². The summed E-state index contributed by atoms with van der Waals surface area (Å²) >= 11 is 0. The number of amides is 3. The Morgan fingerprint density at radius 3 is 2.69 bits per heavy atom. The molecule has 1 unspecified atom stereocenters. The van der Waals surface area contributed by atoms with E-state index in [-0.39, 0.29) is 30.4 Å². The number of ether oxygens (including phenoxy) is 1. The molecule has 0 aromatic heterocycles. The van der Waals surface area contributed by atoms with Crippen LogP contribution in [-0.4, -0.2) is 48.4 Å². The van der Waals surface area contributed by atoms with Crippen molar-refractivity contribution in [2.45, 2.75) is 31.8 Å². The van der Waals surface area contributed by atoms with Crippen LogP contribution < -0.4 is 4.90 Å². The lowest BCUT2D eigenvalue weighted by atomic mass is 9.99. The SMILES string of the molecule is O=C1c2ccc(C(=O)N3CCCc4ccccc43)cc2C(=O)N1CC1CCCO1. The summed E-state index contributed by atoms with van der Waals surface area (Å²) in [5, 5.41) is 0. The number of para-hydroxylation sites is 1. The Labute approximate surface area is 169 Å². The van der Waals surface area contributed by atoms with Crippen molar-refractivity contribution < 1.29 is 19.1 Å². The van der Waals surface area contributed by atoms with Crippen molar-refractivity contribution >= 4 is 23.4 Å². The molecule has 2 aromatic carbocycles. The molecule has 6 nitrogen and oxygen atoms in total. The Bertz CT molecular complexity index is 1010. The topological polar surface area (TPSA) is 66.9 Å². The number of carbonyl (C=O) groups is 3. The number of benzene rings is 2. The van der Waals surface area contributed by atoms with Gasteiger partial charge in [0.2, 0.25) is 0 Å². The average Bonchev–Trinajstić information content (AvgIpc) is 3.36. The molecule has 0 aliphatic carbocycles. The van der Waals surface area contributed by atoms with Crippen LogP contribution in [0.2, 0.25) is 0 Å². The maximum atomic E-state index is 13.2. The summed E-state index contributed by atoms with van der Waals surface area (Å²) in [6.07, 6.45) is 3.56. The van der Waals surface area contributed by atoms with Crippen molar-refractivity contribution in [3.05, 3.63) is 64.7 Å². The second-order valence-electron chi connectivity index (χ2n) is 7.81. The first kappa shape index (κ1) is 18.1. The molecule has 148 valence electrons. The van der Waals surface area contributed by atoms with E-state index in [1.165, 1.54) is 4.90 Å². The minimum absolute atomic E-state index is 0.0943. The number of carbonyl (C=O) groups excluding carboxylic acids is 3. The highest BCUT2D eigenvalue weighted by Crippen LogP contribution is 2.30. The molecular weight excluding hydrogens is 368 g/mol. The lowest BCUT2D eigenvalue weighted by Gasteiger charge is -2.29. The van der Waals surface area contributed by atoms with E-state index in [0.29, 0.717) is 29.8 Å². The molecule has 3 heterocycles. The molecule has 1 saturated heterocycles. The summed E-state index contributed by atoms with van der Waals surface area (Å²) in [6, 6.07) is 12.7. The van der Waals surface area contributed by atoms with Crippen LogP contribution in [0.1, 0.15) is 55.9 Å². The normalized spacial score (nSPS) is 20.8. The third kappa shape index (κ3) is 3.04. The van der Waals surface area contributed by atoms with Gasteiger partial charge in [0.15, 0.2) is 0 Å². The largest absolute Gasteiger partial charge is 0.376 e. The van der Waals surface area contributed by atoms with Gasteiger partial charge in [-0.3, -0.25) is 19.3 Å². The first-order valence-corrected chi connectivity index (χ1v) is 10.1. The van der Waals surface area contributed by atoms with Gasteiger partial charge in [0.1, 0.15) is 0 Å². The van der Waals surface area contributed by atoms with Gasteiger partial charge in [-0.2, -0.15) is 0 Å². The summed E-state index contributed by atoms with van der Waals surface area (Å²) in [5.41, 5.74) is 3.18. The standard InChI is InChI=1S/C23H22N2O4/c26-21(24-11-3-6-15-5-1-2-8-20(15)24)16-9-10-18-19(13-16)23(28)25(22(18)27)14-17-7-4-12-29-17/h1-2,5,8-10,13,17H,3-4,6-7,11-12,14H2. The van der Waals surface area contributed by atoms with Gasteiger partial charge in [-0.15, -0.1) is 0 Å². The quantitative estimate of drug-likeness (QED) is 0.756. The summed E-state index contributed by atoms with van der Waals surface area (Å²) in [5.74, 6) is -0.783. The molecule has 2 aromatic rings. The van der Waals surface area contributed by atoms with E-state index in [2.05, 4.69) is 0 Å². The summed E-state index contributed by atoms with van der Waals surface area (Å²) in [6.45, 7) is 1.59. The number of fused-ring (bicyclic) bond motifs is 2. The van der Waals surface area contributed by atoms with E-state index in [4.69, 9.17) is 4.74 Å². The number of rotatable bonds is 3. The maximum Gasteiger partial charge on any atom is 0.261 e. The molecule has 0 N–H and O–H groups in total. The van der Waals surface area contributed by atoms with Gasteiger partial charge in [0, 0.05) is 24.4 Å². The lowest BCUT2D eigenvalue weighted by Crippen LogP contribution is -2.36. The van der Waals surface area contributed by atoms with Crippen LogP contribution in [0.25, 0.3) is 0 Å². The van der Waals surface area contributed by atoms with Gasteiger partial charge in [0.05, 0.1) is 23.8 Å². The zero-order valence-electron chi connectivity index (χ0n) is 16.1. The molecule has 0 spiro atoms. The van der Waals surface area contributed by atoms with E-state index in [1.807, 2.05) is 24.3 Å². The number of anilines is 1. The van der Waals surface area contributed by atoms with E-state index >= 15 is 0 Å². The molecule has 1 fully saturated rings. The highest BCUT2D eigenvalue weighted by Gasteiger charge is 2.38. The van der Waals surface area contributed by atoms with Gasteiger partial charge >= 0.3 is 0 Å². The molecule has 6 heteroatoms. The van der Waals surface area contributed by atoms with Crippen molar-refractivity contribution in [3.8, 4) is 0 Å². The fourth-order valence-electron chi connectivity index (χ4n) is 4.48. The van der Waals surface area contributed by atoms with Gasteiger partial charge in [0.25, 0.3) is 17.7 Å². The molecule has 1 atom stereocenters. The van der Waals surface area contributed by atoms with Crippen LogP contribution >= 0.6 is 0 Å². The molecule has 3 amide bonds. The van der Waals surface area contributed by atoms with E-state index in [1.54, 1.807) is 23.1 Å². The highest BCUT2D eigenvalue weighted by atomic mass is 16.5. The van der Waals surface area contributed by atoms with Crippen LogP contribution in [0, 0.1) is 0 Å². The Hall–Kier alpha value is -2.99. The van der Waals surface area contributed by atoms with Crippen LogP contribution in [-0.2, 0) is 11.2 Å². The van der Waals surface area contributed by atoms with Crippen molar-refractivity contribution in [1.82, 2.24) is 4.90 Å². The fourth-order valence-corrected chi connectivity index (χ4v) is 4.48. The maximum absolute atomic E-state index is 13.2. The Balaban J connectivity index is 1.42. The third-order valence-electron chi connectivity index (χ3n) is 5.98. The first-order chi connectivity index (χ1) is 14.1. The van der Waals surface area contributed by atoms with Crippen molar-refractivity contribution in [2.24, 2.45) is 0 Å². The van der Waals surface area contributed by atoms with E-state index in [0.717, 1.165) is 36.9 Å². The number of nitrogens with zero attached hydrogens (tertiary/aromatic N) is 2. The average molecular weight is 390 g/mol. The number of hydrogen-bond donors (Lipinski definition) is 0. The summed E-state index contributed by atoms with van der Waals surface area (Å²) in [7, 11) is 0. The Morgan fingerprint density at radius 2 is 1.86 bits per heavy atom. The number of aryl methyl sites for hydroxylation is 1. The second kappa shape index (κ2) is 7.12. The molecule has 0 bridgehead atoms. The predicted molar refractivity (Wildman–Crippen MR) is 107 cm³/mol. The van der Waals surface area contributed by atoms with Crippen LogP contribution in [0.4, 0.5) is 5.69 Å². The second-order valence-corrected chi connectivity index (χ2v) is 7.81. The predicted octanol–water partition coefficient (Wildman–Crippen LogP) is 3.05. The molecule has 29 heavy (non-hydrogen) atoms. The van der Waals surface area contributed by atoms with Crippen molar-refractivity contribution in [2.75, 3.05) is 24.6 Å². The van der Waals surface area contributed by atoms with Crippen LogP contribution in [0.15, 0.2) is 42.5 Å². The van der Waals surface area contributed by atoms with Crippen LogP contribution in [0.5, 0.6) is 0 Å². The molecule has 0 saturated carbocycles. The van der Waals surface area contributed by atoms with Crippen molar-refractivity contribution in [1.29, 1.82) is 0 Å². The molecule has 3 aliphatic heterocycles. The summed E-state index contributed by atoms with van der Waals surface area (Å²) < 4.78 is 5.58. The lowest BCUT2D eigenvalue weighted by molar-refractivity contribution is 0.0475. The summed E-state index contributed by atoms with van der Waals surface area (Å²) in [4.78, 5) is 41.8. The monoisotopic (exact) mass is 390 g/mol. The zero-order chi connectivity index (χ0) is 20.0. The first-order valence-electron chi connectivity index (χ1n) is 10.1. The Kier molecular flexibility index (Phi) is 4.43. The third-order valence-corrected chi connectivity index (χ3v) is 5.98. The minimum Gasteiger partial charge on any atom is -0.376 e. The van der Waals surface area contributed by atoms with Gasteiger partial charge < -0.3 is 9.64 Å². The molecule has 3 aliphatic rings. The number of hydrogen-bond acceptors (Lipinski definition) is 4. The molecule has 5 rings (SSSR count). The van der Waals surface area contributed by atoms with Crippen molar-refractivity contribution in [3.63, 3.8) is 0 Å². The highest BCUT2D eigenvalue weighted by molar-refractivity contribution is 6.22. The van der Waals surface area contributed by atoms with Gasteiger partial charge in [-0.25, -0.2) is 0 Å². The molecule has 0 radical (unpaired) electrons.